The molecule has 1 heterocycles. The summed E-state index contributed by atoms with van der Waals surface area (Å²) in [5, 5.41) is 2.89. The maximum atomic E-state index is 12.7. The highest BCUT2D eigenvalue weighted by molar-refractivity contribution is 8.15. The summed E-state index contributed by atoms with van der Waals surface area (Å²) in [5.41, 5.74) is 1.41. The van der Waals surface area contributed by atoms with Crippen LogP contribution in [0.1, 0.15) is 13.3 Å². The number of amides is 2. The highest BCUT2D eigenvalue weighted by Crippen LogP contribution is 2.29. The van der Waals surface area contributed by atoms with Gasteiger partial charge in [0.2, 0.25) is 11.8 Å². The normalized spacial score (nSPS) is 18.4. The molecule has 140 valence electrons. The number of aliphatic imine (C=N–C) groups is 1. The van der Waals surface area contributed by atoms with Crippen LogP contribution in [0.2, 0.25) is 0 Å². The molecule has 1 atom stereocenters. The van der Waals surface area contributed by atoms with Crippen molar-refractivity contribution in [2.24, 2.45) is 4.99 Å². The van der Waals surface area contributed by atoms with Gasteiger partial charge in [0, 0.05) is 18.7 Å². The van der Waals surface area contributed by atoms with Crippen LogP contribution in [0.5, 0.6) is 5.75 Å². The van der Waals surface area contributed by atoms with E-state index in [0.717, 1.165) is 5.69 Å². The summed E-state index contributed by atoms with van der Waals surface area (Å²) in [5.74, 6) is 0.405. The van der Waals surface area contributed by atoms with Crippen molar-refractivity contribution in [3.63, 3.8) is 0 Å². The number of benzene rings is 2. The fourth-order valence-corrected chi connectivity index (χ4v) is 3.83. The Labute approximate surface area is 162 Å². The minimum atomic E-state index is -0.523. The minimum Gasteiger partial charge on any atom is -0.497 e. The molecular formula is C20H21N3O3S. The second-order valence-electron chi connectivity index (χ2n) is 5.90. The van der Waals surface area contributed by atoms with Crippen molar-refractivity contribution in [3.8, 4) is 5.75 Å². The van der Waals surface area contributed by atoms with E-state index in [9.17, 15) is 9.59 Å². The van der Waals surface area contributed by atoms with Gasteiger partial charge in [-0.05, 0) is 43.3 Å². The standard InChI is InChI=1S/C20H21N3O3S/c1-3-23-18(24)13-17(27-20(23)22-14-7-5-4-6-8-14)19(25)21-15-9-11-16(26-2)12-10-15/h4-12,17H,3,13H2,1-2H3,(H,21,25). The lowest BCUT2D eigenvalue weighted by Gasteiger charge is -2.30. The first-order valence-corrected chi connectivity index (χ1v) is 9.54. The van der Waals surface area contributed by atoms with Crippen molar-refractivity contribution in [1.82, 2.24) is 4.90 Å². The van der Waals surface area contributed by atoms with Crippen molar-refractivity contribution in [3.05, 3.63) is 54.6 Å². The molecule has 1 aliphatic heterocycles. The molecule has 0 bridgehead atoms. The van der Waals surface area contributed by atoms with E-state index in [1.54, 1.807) is 36.3 Å². The second kappa shape index (κ2) is 8.73. The van der Waals surface area contributed by atoms with Crippen LogP contribution in [0.4, 0.5) is 11.4 Å². The predicted octanol–water partition coefficient (Wildman–Crippen LogP) is 3.68. The van der Waals surface area contributed by atoms with E-state index >= 15 is 0 Å². The topological polar surface area (TPSA) is 71.0 Å². The molecule has 1 saturated heterocycles. The Morgan fingerprint density at radius 3 is 2.56 bits per heavy atom. The Hall–Kier alpha value is -2.80. The van der Waals surface area contributed by atoms with Gasteiger partial charge in [0.1, 0.15) is 11.0 Å². The summed E-state index contributed by atoms with van der Waals surface area (Å²) >= 11 is 1.32. The lowest BCUT2D eigenvalue weighted by molar-refractivity contribution is -0.129. The molecule has 0 saturated carbocycles. The molecule has 1 aliphatic rings. The lowest BCUT2D eigenvalue weighted by Crippen LogP contribution is -2.45. The fraction of sp³-hybridized carbons (Fsp3) is 0.250. The van der Waals surface area contributed by atoms with Gasteiger partial charge in [-0.1, -0.05) is 30.0 Å². The van der Waals surface area contributed by atoms with E-state index in [0.29, 0.717) is 23.1 Å². The molecule has 2 amide bonds. The Morgan fingerprint density at radius 1 is 1.22 bits per heavy atom. The molecule has 0 aliphatic carbocycles. The Morgan fingerprint density at radius 2 is 1.93 bits per heavy atom. The molecule has 2 aromatic carbocycles. The van der Waals surface area contributed by atoms with Gasteiger partial charge in [0.05, 0.1) is 12.8 Å². The Bertz CT molecular complexity index is 837. The molecule has 1 unspecified atom stereocenters. The number of para-hydroxylation sites is 1. The zero-order valence-corrected chi connectivity index (χ0v) is 16.0. The summed E-state index contributed by atoms with van der Waals surface area (Å²) in [6.45, 7) is 2.42. The number of carbonyl (C=O) groups excluding carboxylic acids is 2. The number of carbonyl (C=O) groups is 2. The summed E-state index contributed by atoms with van der Waals surface area (Å²) in [6.07, 6.45) is 0.147. The van der Waals surface area contributed by atoms with Gasteiger partial charge in [-0.15, -0.1) is 0 Å². The van der Waals surface area contributed by atoms with E-state index in [1.165, 1.54) is 11.8 Å². The number of thioether (sulfide) groups is 1. The van der Waals surface area contributed by atoms with Crippen LogP contribution in [0, 0.1) is 0 Å². The molecular weight excluding hydrogens is 362 g/mol. The maximum Gasteiger partial charge on any atom is 0.238 e. The zero-order chi connectivity index (χ0) is 19.2. The van der Waals surface area contributed by atoms with Crippen LogP contribution in [0.25, 0.3) is 0 Å². The van der Waals surface area contributed by atoms with Crippen LogP contribution in [-0.2, 0) is 9.59 Å². The van der Waals surface area contributed by atoms with Crippen LogP contribution in [0.15, 0.2) is 59.6 Å². The summed E-state index contributed by atoms with van der Waals surface area (Å²) in [7, 11) is 1.59. The first kappa shape index (κ1) is 19.0. The van der Waals surface area contributed by atoms with Gasteiger partial charge < -0.3 is 10.1 Å². The first-order valence-electron chi connectivity index (χ1n) is 8.66. The molecule has 0 radical (unpaired) electrons. The number of rotatable bonds is 5. The third kappa shape index (κ3) is 4.68. The summed E-state index contributed by atoms with van der Waals surface area (Å²) in [4.78, 5) is 31.4. The monoisotopic (exact) mass is 383 g/mol. The van der Waals surface area contributed by atoms with E-state index < -0.39 is 5.25 Å². The van der Waals surface area contributed by atoms with Crippen LogP contribution in [0.3, 0.4) is 0 Å². The number of methoxy groups -OCH3 is 1. The van der Waals surface area contributed by atoms with Crippen molar-refractivity contribution >= 4 is 40.1 Å². The average Bonchev–Trinajstić information content (AvgIpc) is 2.69. The van der Waals surface area contributed by atoms with Crippen LogP contribution < -0.4 is 10.1 Å². The smallest absolute Gasteiger partial charge is 0.238 e. The van der Waals surface area contributed by atoms with E-state index in [2.05, 4.69) is 10.3 Å². The van der Waals surface area contributed by atoms with Gasteiger partial charge >= 0.3 is 0 Å². The average molecular weight is 383 g/mol. The minimum absolute atomic E-state index is 0.0965. The molecule has 1 N–H and O–H groups in total. The van der Waals surface area contributed by atoms with Crippen molar-refractivity contribution in [2.45, 2.75) is 18.6 Å². The second-order valence-corrected chi connectivity index (χ2v) is 7.07. The molecule has 7 heteroatoms. The summed E-state index contributed by atoms with van der Waals surface area (Å²) in [6, 6.07) is 16.5. The number of ether oxygens (including phenoxy) is 1. The molecule has 3 rings (SSSR count). The number of anilines is 1. The SMILES string of the molecule is CCN1C(=O)CC(C(=O)Nc2ccc(OC)cc2)SC1=Nc1ccccc1. The van der Waals surface area contributed by atoms with Gasteiger partial charge in [0.15, 0.2) is 5.17 Å². The van der Waals surface area contributed by atoms with Gasteiger partial charge in [-0.2, -0.15) is 0 Å². The molecule has 27 heavy (non-hydrogen) atoms. The Balaban J connectivity index is 1.76. The van der Waals surface area contributed by atoms with Crippen molar-refractivity contribution < 1.29 is 14.3 Å². The van der Waals surface area contributed by atoms with Crippen molar-refractivity contribution in [2.75, 3.05) is 19.0 Å². The molecule has 6 nitrogen and oxygen atoms in total. The maximum absolute atomic E-state index is 12.7. The van der Waals surface area contributed by atoms with E-state index in [4.69, 9.17) is 4.74 Å². The number of amidine groups is 1. The third-order valence-corrected chi connectivity index (χ3v) is 5.27. The quantitative estimate of drug-likeness (QED) is 0.855. The first-order chi connectivity index (χ1) is 13.1. The molecule has 0 aromatic heterocycles. The van der Waals surface area contributed by atoms with Crippen LogP contribution >= 0.6 is 11.8 Å². The highest BCUT2D eigenvalue weighted by atomic mass is 32.2. The Kier molecular flexibility index (Phi) is 6.13. The predicted molar refractivity (Wildman–Crippen MR) is 109 cm³/mol. The molecule has 1 fully saturated rings. The zero-order valence-electron chi connectivity index (χ0n) is 15.2. The number of hydrogen-bond donors (Lipinski definition) is 1. The largest absolute Gasteiger partial charge is 0.497 e. The van der Waals surface area contributed by atoms with Gasteiger partial charge in [-0.25, -0.2) is 4.99 Å². The van der Waals surface area contributed by atoms with E-state index in [-0.39, 0.29) is 18.2 Å². The molecule has 0 spiro atoms. The van der Waals surface area contributed by atoms with Crippen molar-refractivity contribution in [1.29, 1.82) is 0 Å². The summed E-state index contributed by atoms with van der Waals surface area (Å²) < 4.78 is 5.12. The number of nitrogens with one attached hydrogen (secondary N) is 1. The third-order valence-electron chi connectivity index (χ3n) is 4.09. The van der Waals surface area contributed by atoms with E-state index in [1.807, 2.05) is 37.3 Å². The number of nitrogens with zero attached hydrogens (tertiary/aromatic N) is 2. The number of hydrogen-bond acceptors (Lipinski definition) is 5. The van der Waals surface area contributed by atoms with Crippen LogP contribution in [-0.4, -0.2) is 40.8 Å². The van der Waals surface area contributed by atoms with Gasteiger partial charge in [0.25, 0.3) is 0 Å². The lowest BCUT2D eigenvalue weighted by atomic mass is 10.2. The highest BCUT2D eigenvalue weighted by Gasteiger charge is 2.35. The fourth-order valence-electron chi connectivity index (χ4n) is 2.66. The molecule has 2 aromatic rings. The van der Waals surface area contributed by atoms with Gasteiger partial charge in [-0.3, -0.25) is 14.5 Å².